The minimum absolute atomic E-state index is 0. The van der Waals surface area contributed by atoms with Gasteiger partial charge in [0.25, 0.3) is 5.91 Å². The predicted octanol–water partition coefficient (Wildman–Crippen LogP) is 3.44. The molecule has 2 rings (SSSR count). The van der Waals surface area contributed by atoms with Crippen LogP contribution in [0.4, 0.5) is 0 Å². The van der Waals surface area contributed by atoms with Crippen molar-refractivity contribution >= 4 is 35.8 Å². The van der Waals surface area contributed by atoms with Gasteiger partial charge in [-0.2, -0.15) is 0 Å². The molecule has 0 aliphatic heterocycles. The van der Waals surface area contributed by atoms with Gasteiger partial charge in [0, 0.05) is 32.7 Å². The Kier molecular flexibility index (Phi) is 9.85. The SMILES string of the molecule is CN=C(NCc1cccc(C(=O)NC)c1)NCC(C)c1cccc(C)c1.I. The number of aliphatic imine (C=N–C) groups is 1. The first-order valence-corrected chi connectivity index (χ1v) is 8.85. The minimum atomic E-state index is -0.0821. The van der Waals surface area contributed by atoms with E-state index in [0.717, 1.165) is 18.1 Å². The number of guanidine groups is 1. The molecule has 0 saturated carbocycles. The second kappa shape index (κ2) is 11.6. The first-order valence-electron chi connectivity index (χ1n) is 8.85. The number of nitrogens with zero attached hydrogens (tertiary/aromatic N) is 1. The van der Waals surface area contributed by atoms with Gasteiger partial charge in [-0.3, -0.25) is 9.79 Å². The zero-order valence-electron chi connectivity index (χ0n) is 16.4. The van der Waals surface area contributed by atoms with Gasteiger partial charge >= 0.3 is 0 Å². The molecule has 2 aromatic carbocycles. The van der Waals surface area contributed by atoms with Crippen molar-refractivity contribution in [2.24, 2.45) is 4.99 Å². The highest BCUT2D eigenvalue weighted by Crippen LogP contribution is 2.15. The highest BCUT2D eigenvalue weighted by atomic mass is 127. The molecule has 1 amide bonds. The zero-order valence-corrected chi connectivity index (χ0v) is 18.7. The summed E-state index contributed by atoms with van der Waals surface area (Å²) in [5.74, 6) is 1.04. The van der Waals surface area contributed by atoms with E-state index in [2.05, 4.69) is 59.1 Å². The average molecular weight is 480 g/mol. The molecule has 6 heteroatoms. The molecule has 27 heavy (non-hydrogen) atoms. The Hall–Kier alpha value is -2.09. The van der Waals surface area contributed by atoms with Crippen LogP contribution in [0.1, 0.15) is 39.9 Å². The van der Waals surface area contributed by atoms with E-state index in [4.69, 9.17) is 0 Å². The summed E-state index contributed by atoms with van der Waals surface area (Å²) in [6, 6.07) is 16.1. The zero-order chi connectivity index (χ0) is 18.9. The van der Waals surface area contributed by atoms with Crippen molar-refractivity contribution in [3.8, 4) is 0 Å². The van der Waals surface area contributed by atoms with Crippen LogP contribution in [0, 0.1) is 6.92 Å². The van der Waals surface area contributed by atoms with Crippen LogP contribution in [0.25, 0.3) is 0 Å². The number of carbonyl (C=O) groups is 1. The Labute approximate surface area is 179 Å². The monoisotopic (exact) mass is 480 g/mol. The lowest BCUT2D eigenvalue weighted by Crippen LogP contribution is -2.38. The Morgan fingerprint density at radius 2 is 1.85 bits per heavy atom. The Bertz CT molecular complexity index is 776. The third-order valence-corrected chi connectivity index (χ3v) is 4.29. The van der Waals surface area contributed by atoms with Gasteiger partial charge in [-0.15, -0.1) is 24.0 Å². The van der Waals surface area contributed by atoms with Gasteiger partial charge in [-0.05, 0) is 36.1 Å². The van der Waals surface area contributed by atoms with E-state index in [-0.39, 0.29) is 29.9 Å². The summed E-state index contributed by atoms with van der Waals surface area (Å²) in [5, 5.41) is 9.30. The molecule has 0 fully saturated rings. The number of hydrogen-bond acceptors (Lipinski definition) is 2. The third kappa shape index (κ3) is 7.21. The topological polar surface area (TPSA) is 65.5 Å². The number of rotatable bonds is 6. The first kappa shape index (κ1) is 23.0. The van der Waals surface area contributed by atoms with E-state index >= 15 is 0 Å². The highest BCUT2D eigenvalue weighted by Gasteiger charge is 2.08. The highest BCUT2D eigenvalue weighted by molar-refractivity contribution is 14.0. The van der Waals surface area contributed by atoms with Crippen molar-refractivity contribution < 1.29 is 4.79 Å². The molecule has 0 spiro atoms. The van der Waals surface area contributed by atoms with Gasteiger partial charge in [0.1, 0.15) is 0 Å². The Morgan fingerprint density at radius 1 is 1.11 bits per heavy atom. The van der Waals surface area contributed by atoms with Crippen molar-refractivity contribution in [3.63, 3.8) is 0 Å². The number of halogens is 1. The number of amides is 1. The third-order valence-electron chi connectivity index (χ3n) is 4.29. The van der Waals surface area contributed by atoms with Crippen LogP contribution in [-0.2, 0) is 6.54 Å². The molecule has 3 N–H and O–H groups in total. The molecule has 5 nitrogen and oxygen atoms in total. The molecule has 1 atom stereocenters. The standard InChI is InChI=1S/C21H28N4O.HI/c1-15-7-5-9-18(11-15)16(2)13-24-21(23-4)25-14-17-8-6-10-19(12-17)20(26)22-3;/h5-12,16H,13-14H2,1-4H3,(H,22,26)(H2,23,24,25);1H. The van der Waals surface area contributed by atoms with Gasteiger partial charge in [-0.1, -0.05) is 48.9 Å². The maximum atomic E-state index is 11.7. The van der Waals surface area contributed by atoms with Gasteiger partial charge < -0.3 is 16.0 Å². The summed E-state index contributed by atoms with van der Waals surface area (Å²) in [4.78, 5) is 16.0. The lowest BCUT2D eigenvalue weighted by atomic mass is 9.99. The van der Waals surface area contributed by atoms with E-state index in [1.54, 1.807) is 20.2 Å². The number of carbonyl (C=O) groups excluding carboxylic acids is 1. The molecule has 1 unspecified atom stereocenters. The van der Waals surface area contributed by atoms with Crippen LogP contribution in [0.2, 0.25) is 0 Å². The minimum Gasteiger partial charge on any atom is -0.356 e. The van der Waals surface area contributed by atoms with Crippen molar-refractivity contribution in [1.29, 1.82) is 0 Å². The van der Waals surface area contributed by atoms with Crippen LogP contribution in [-0.4, -0.2) is 32.5 Å². The maximum Gasteiger partial charge on any atom is 0.251 e. The van der Waals surface area contributed by atoms with Crippen molar-refractivity contribution in [1.82, 2.24) is 16.0 Å². The second-order valence-corrected chi connectivity index (χ2v) is 6.40. The van der Waals surface area contributed by atoms with Gasteiger partial charge in [0.05, 0.1) is 0 Å². The van der Waals surface area contributed by atoms with Crippen molar-refractivity contribution in [2.45, 2.75) is 26.3 Å². The number of hydrogen-bond donors (Lipinski definition) is 3. The van der Waals surface area contributed by atoms with E-state index in [1.807, 2.05) is 18.2 Å². The summed E-state index contributed by atoms with van der Waals surface area (Å²) < 4.78 is 0. The van der Waals surface area contributed by atoms with Gasteiger partial charge in [0.15, 0.2) is 5.96 Å². The molecule has 2 aromatic rings. The molecule has 146 valence electrons. The summed E-state index contributed by atoms with van der Waals surface area (Å²) in [7, 11) is 3.39. The molecule has 0 radical (unpaired) electrons. The quantitative estimate of drug-likeness (QED) is 0.337. The summed E-state index contributed by atoms with van der Waals surface area (Å²) in [5.41, 5.74) is 4.27. The second-order valence-electron chi connectivity index (χ2n) is 6.40. The van der Waals surface area contributed by atoms with Crippen LogP contribution < -0.4 is 16.0 Å². The number of benzene rings is 2. The molecule has 0 heterocycles. The number of aryl methyl sites for hydroxylation is 1. The largest absolute Gasteiger partial charge is 0.356 e. The molecule has 0 bridgehead atoms. The van der Waals surface area contributed by atoms with E-state index in [0.29, 0.717) is 18.0 Å². The van der Waals surface area contributed by atoms with E-state index in [9.17, 15) is 4.79 Å². The molecule has 0 aliphatic carbocycles. The molecular formula is C21H29IN4O. The fourth-order valence-corrected chi connectivity index (χ4v) is 2.72. The van der Waals surface area contributed by atoms with Crippen molar-refractivity contribution in [2.75, 3.05) is 20.6 Å². The van der Waals surface area contributed by atoms with E-state index in [1.165, 1.54) is 11.1 Å². The molecule has 0 saturated heterocycles. The number of nitrogens with one attached hydrogen (secondary N) is 3. The maximum absolute atomic E-state index is 11.7. The van der Waals surface area contributed by atoms with Gasteiger partial charge in [-0.25, -0.2) is 0 Å². The van der Waals surface area contributed by atoms with Crippen LogP contribution in [0.5, 0.6) is 0 Å². The fourth-order valence-electron chi connectivity index (χ4n) is 2.72. The van der Waals surface area contributed by atoms with Crippen LogP contribution in [0.15, 0.2) is 53.5 Å². The normalized spacial score (nSPS) is 11.9. The summed E-state index contributed by atoms with van der Waals surface area (Å²) >= 11 is 0. The molecule has 0 aromatic heterocycles. The van der Waals surface area contributed by atoms with Gasteiger partial charge in [0.2, 0.25) is 0 Å². The van der Waals surface area contributed by atoms with E-state index < -0.39 is 0 Å². The fraction of sp³-hybridized carbons (Fsp3) is 0.333. The average Bonchev–Trinajstić information content (AvgIpc) is 2.67. The van der Waals surface area contributed by atoms with Crippen molar-refractivity contribution in [3.05, 3.63) is 70.8 Å². The predicted molar refractivity (Wildman–Crippen MR) is 123 cm³/mol. The first-order chi connectivity index (χ1) is 12.5. The van der Waals surface area contributed by atoms with Crippen LogP contribution >= 0.6 is 24.0 Å². The van der Waals surface area contributed by atoms with Crippen LogP contribution in [0.3, 0.4) is 0 Å². The molecular weight excluding hydrogens is 451 g/mol. The summed E-state index contributed by atoms with van der Waals surface area (Å²) in [6.45, 7) is 5.70. The lowest BCUT2D eigenvalue weighted by Gasteiger charge is -2.17. The lowest BCUT2D eigenvalue weighted by molar-refractivity contribution is 0.0963. The summed E-state index contributed by atoms with van der Waals surface area (Å²) in [6.07, 6.45) is 0. The smallest absolute Gasteiger partial charge is 0.251 e. The Morgan fingerprint density at radius 3 is 2.52 bits per heavy atom. The molecule has 0 aliphatic rings. The Balaban J connectivity index is 0.00000364.